The zero-order valence-electron chi connectivity index (χ0n) is 16.8. The molecule has 154 valence electrons. The van der Waals surface area contributed by atoms with Gasteiger partial charge in [0, 0.05) is 10.4 Å². The highest BCUT2D eigenvalue weighted by molar-refractivity contribution is 7.16. The minimum atomic E-state index is -0.963. The topological polar surface area (TPSA) is 88.5 Å². The van der Waals surface area contributed by atoms with Gasteiger partial charge in [-0.15, -0.1) is 11.3 Å². The first-order valence-corrected chi connectivity index (χ1v) is 10.9. The molecule has 2 aromatic rings. The van der Waals surface area contributed by atoms with Gasteiger partial charge in [-0.25, -0.2) is 4.98 Å². The molecule has 0 saturated carbocycles. The second-order valence-corrected chi connectivity index (χ2v) is 9.59. The molecular weight excluding hydrogens is 388 g/mol. The van der Waals surface area contributed by atoms with E-state index < -0.39 is 17.8 Å². The fourth-order valence-electron chi connectivity index (χ4n) is 4.50. The highest BCUT2D eigenvalue weighted by Gasteiger charge is 2.55. The van der Waals surface area contributed by atoms with E-state index in [-0.39, 0.29) is 18.1 Å². The third-order valence-electron chi connectivity index (χ3n) is 5.76. The zero-order chi connectivity index (χ0) is 20.7. The predicted molar refractivity (Wildman–Crippen MR) is 112 cm³/mol. The number of anilines is 1. The molecular formula is C22H26N2O4S. The maximum atomic E-state index is 12.8. The van der Waals surface area contributed by atoms with Crippen molar-refractivity contribution in [2.45, 2.75) is 52.2 Å². The van der Waals surface area contributed by atoms with E-state index in [2.05, 4.69) is 48.4 Å². The highest BCUT2D eigenvalue weighted by Crippen LogP contribution is 2.44. The molecule has 2 saturated heterocycles. The van der Waals surface area contributed by atoms with E-state index in [4.69, 9.17) is 4.74 Å². The Morgan fingerprint density at radius 1 is 1.21 bits per heavy atom. The molecule has 6 nitrogen and oxygen atoms in total. The van der Waals surface area contributed by atoms with Gasteiger partial charge in [-0.3, -0.25) is 9.59 Å². The van der Waals surface area contributed by atoms with Crippen molar-refractivity contribution < 1.29 is 19.4 Å². The number of ether oxygens (including phenoxy) is 1. The van der Waals surface area contributed by atoms with Crippen molar-refractivity contribution in [3.05, 3.63) is 34.7 Å². The fraction of sp³-hybridized carbons (Fsp3) is 0.500. The van der Waals surface area contributed by atoms with Crippen LogP contribution < -0.4 is 5.32 Å². The minimum Gasteiger partial charge on any atom is -0.481 e. The summed E-state index contributed by atoms with van der Waals surface area (Å²) in [6.45, 7) is 6.37. The second-order valence-electron chi connectivity index (χ2n) is 8.39. The number of carbonyl (C=O) groups is 2. The Labute approximate surface area is 174 Å². The molecule has 0 unspecified atom stereocenters. The fourth-order valence-corrected chi connectivity index (χ4v) is 5.34. The summed E-state index contributed by atoms with van der Waals surface area (Å²) in [5.74, 6) is -2.10. The van der Waals surface area contributed by atoms with Gasteiger partial charge in [0.05, 0.1) is 29.7 Å². The van der Waals surface area contributed by atoms with Crippen LogP contribution in [0.1, 0.15) is 37.1 Å². The molecule has 4 rings (SSSR count). The van der Waals surface area contributed by atoms with E-state index in [0.717, 1.165) is 29.0 Å². The van der Waals surface area contributed by atoms with Crippen LogP contribution in [0.2, 0.25) is 0 Å². The number of fused-ring (bicyclic) bond motifs is 2. The summed E-state index contributed by atoms with van der Waals surface area (Å²) >= 11 is 1.41. The van der Waals surface area contributed by atoms with Crippen molar-refractivity contribution in [3.63, 3.8) is 0 Å². The van der Waals surface area contributed by atoms with Crippen LogP contribution in [0.4, 0.5) is 5.13 Å². The molecule has 2 aliphatic rings. The molecule has 1 amide bonds. The van der Waals surface area contributed by atoms with Crippen LogP contribution in [0, 0.1) is 24.7 Å². The Kier molecular flexibility index (Phi) is 5.44. The molecule has 7 heteroatoms. The number of nitrogens with one attached hydrogen (secondary N) is 1. The number of rotatable bonds is 6. The van der Waals surface area contributed by atoms with Crippen molar-refractivity contribution in [3.8, 4) is 11.3 Å². The standard InChI is InChI=1S/C22H26N2O4S/c1-11(2)10-13-4-6-14(7-5-13)19-12(3)29-22(23-19)24-20(25)17-15-8-9-16(28-15)18(17)21(26)27/h4-7,11,15-18H,8-10H2,1-3H3,(H,26,27)(H,23,24,25)/t15-,16-,17+,18-/m1/s1. The van der Waals surface area contributed by atoms with Gasteiger partial charge >= 0.3 is 5.97 Å². The van der Waals surface area contributed by atoms with Gasteiger partial charge in [-0.2, -0.15) is 0 Å². The number of aromatic nitrogens is 1. The number of aliphatic carboxylic acids is 1. The first kappa shape index (κ1) is 20.0. The van der Waals surface area contributed by atoms with Crippen molar-refractivity contribution in [2.24, 2.45) is 17.8 Å². The summed E-state index contributed by atoms with van der Waals surface area (Å²) in [5.41, 5.74) is 3.15. The van der Waals surface area contributed by atoms with Crippen LogP contribution >= 0.6 is 11.3 Å². The molecule has 2 bridgehead atoms. The molecule has 4 atom stereocenters. The number of benzene rings is 1. The molecule has 2 fully saturated rings. The monoisotopic (exact) mass is 414 g/mol. The van der Waals surface area contributed by atoms with Crippen molar-refractivity contribution in [1.29, 1.82) is 0 Å². The molecule has 0 radical (unpaired) electrons. The first-order valence-electron chi connectivity index (χ1n) is 10.1. The normalized spacial score (nSPS) is 25.5. The van der Waals surface area contributed by atoms with Gasteiger partial charge < -0.3 is 15.2 Å². The number of carbonyl (C=O) groups excluding carboxylic acids is 1. The lowest BCUT2D eigenvalue weighted by atomic mass is 9.79. The van der Waals surface area contributed by atoms with Gasteiger partial charge in [0.1, 0.15) is 0 Å². The van der Waals surface area contributed by atoms with Gasteiger partial charge in [0.2, 0.25) is 5.91 Å². The van der Waals surface area contributed by atoms with E-state index >= 15 is 0 Å². The van der Waals surface area contributed by atoms with Crippen LogP contribution in [0.3, 0.4) is 0 Å². The molecule has 1 aromatic carbocycles. The summed E-state index contributed by atoms with van der Waals surface area (Å²) < 4.78 is 5.70. The molecule has 2 aliphatic heterocycles. The van der Waals surface area contributed by atoms with E-state index in [1.165, 1.54) is 16.9 Å². The number of carboxylic acids is 1. The molecule has 0 aliphatic carbocycles. The summed E-state index contributed by atoms with van der Waals surface area (Å²) in [6.07, 6.45) is 1.81. The van der Waals surface area contributed by atoms with Crippen molar-refractivity contribution in [2.75, 3.05) is 5.32 Å². The molecule has 0 spiro atoms. The Morgan fingerprint density at radius 3 is 2.48 bits per heavy atom. The zero-order valence-corrected chi connectivity index (χ0v) is 17.7. The Morgan fingerprint density at radius 2 is 1.86 bits per heavy atom. The average molecular weight is 415 g/mol. The smallest absolute Gasteiger partial charge is 0.310 e. The third kappa shape index (κ3) is 3.94. The second kappa shape index (κ2) is 7.88. The quantitative estimate of drug-likeness (QED) is 0.742. The van der Waals surface area contributed by atoms with Crippen LogP contribution in [0.15, 0.2) is 24.3 Å². The van der Waals surface area contributed by atoms with Crippen LogP contribution in [0.25, 0.3) is 11.3 Å². The minimum absolute atomic E-state index is 0.308. The summed E-state index contributed by atoms with van der Waals surface area (Å²) in [7, 11) is 0. The van der Waals surface area contributed by atoms with Gasteiger partial charge in [-0.05, 0) is 37.7 Å². The van der Waals surface area contributed by atoms with E-state index in [9.17, 15) is 14.7 Å². The van der Waals surface area contributed by atoms with Gasteiger partial charge in [0.25, 0.3) is 0 Å². The summed E-state index contributed by atoms with van der Waals surface area (Å²) in [5, 5.41) is 12.9. The van der Waals surface area contributed by atoms with Gasteiger partial charge in [0.15, 0.2) is 5.13 Å². The van der Waals surface area contributed by atoms with Crippen molar-refractivity contribution >= 4 is 28.3 Å². The van der Waals surface area contributed by atoms with Crippen LogP contribution in [0.5, 0.6) is 0 Å². The maximum Gasteiger partial charge on any atom is 0.310 e. The molecule has 29 heavy (non-hydrogen) atoms. The van der Waals surface area contributed by atoms with E-state index in [1.807, 2.05) is 6.92 Å². The summed E-state index contributed by atoms with van der Waals surface area (Å²) in [6, 6.07) is 8.37. The lowest BCUT2D eigenvalue weighted by Crippen LogP contribution is -2.40. The van der Waals surface area contributed by atoms with Gasteiger partial charge in [-0.1, -0.05) is 38.1 Å². The lowest BCUT2D eigenvalue weighted by molar-refractivity contribution is -0.147. The molecule has 1 aromatic heterocycles. The van der Waals surface area contributed by atoms with Crippen molar-refractivity contribution in [1.82, 2.24) is 4.98 Å². The number of carboxylic acid groups (broad SMARTS) is 1. The maximum absolute atomic E-state index is 12.8. The number of thiazole rings is 1. The number of aryl methyl sites for hydroxylation is 1. The van der Waals surface area contributed by atoms with E-state index in [1.54, 1.807) is 0 Å². The molecule has 2 N–H and O–H groups in total. The van der Waals surface area contributed by atoms with E-state index in [0.29, 0.717) is 17.5 Å². The lowest BCUT2D eigenvalue weighted by Gasteiger charge is -2.23. The third-order valence-corrected chi connectivity index (χ3v) is 6.65. The summed E-state index contributed by atoms with van der Waals surface area (Å²) in [4.78, 5) is 30.1. The Hall–Kier alpha value is -2.25. The Balaban J connectivity index is 1.49. The number of amides is 1. The number of hydrogen-bond donors (Lipinski definition) is 2. The van der Waals surface area contributed by atoms with Crippen LogP contribution in [-0.2, 0) is 20.7 Å². The first-order chi connectivity index (χ1) is 13.8. The predicted octanol–water partition coefficient (Wildman–Crippen LogP) is 4.13. The number of hydrogen-bond acceptors (Lipinski definition) is 5. The highest BCUT2D eigenvalue weighted by atomic mass is 32.1. The largest absolute Gasteiger partial charge is 0.481 e. The van der Waals surface area contributed by atoms with Crippen LogP contribution in [-0.4, -0.2) is 34.2 Å². The Bertz CT molecular complexity index is 921. The average Bonchev–Trinajstić information content (AvgIpc) is 3.36. The molecule has 3 heterocycles. The number of nitrogens with zero attached hydrogens (tertiary/aromatic N) is 1. The SMILES string of the molecule is Cc1sc(NC(=O)[C@@H]2[C@H](C(=O)O)[C@H]3CC[C@H]2O3)nc1-c1ccc(CC(C)C)cc1.